The lowest BCUT2D eigenvalue weighted by atomic mass is 10.1. The highest BCUT2D eigenvalue weighted by atomic mass is 79.9. The third-order valence-corrected chi connectivity index (χ3v) is 5.20. The minimum atomic E-state index is -0.0893. The average molecular weight is 371 g/mol. The topological polar surface area (TPSA) is 44.9 Å². The number of pyridine rings is 1. The van der Waals surface area contributed by atoms with Crippen LogP contribution in [-0.2, 0) is 0 Å². The normalized spacial score (nSPS) is 12.2. The molecular weight excluding hydrogens is 360 g/mol. The molecule has 1 aliphatic heterocycles. The first-order valence-electron chi connectivity index (χ1n) is 6.78. The van der Waals surface area contributed by atoms with E-state index in [4.69, 9.17) is 0 Å². The van der Waals surface area contributed by atoms with Crippen LogP contribution >= 0.6 is 27.7 Å². The summed E-state index contributed by atoms with van der Waals surface area (Å²) in [7, 11) is 0. The van der Waals surface area contributed by atoms with E-state index in [2.05, 4.69) is 32.3 Å². The van der Waals surface area contributed by atoms with E-state index in [9.17, 15) is 4.79 Å². The van der Waals surface area contributed by atoms with Crippen LogP contribution in [0, 0.1) is 0 Å². The molecule has 0 spiro atoms. The van der Waals surface area contributed by atoms with Gasteiger partial charge in [0, 0.05) is 15.6 Å². The van der Waals surface area contributed by atoms with Gasteiger partial charge in [-0.15, -0.1) is 0 Å². The molecule has 5 heteroatoms. The predicted molar refractivity (Wildman–Crippen MR) is 94.0 cm³/mol. The smallest absolute Gasteiger partial charge is 0.258 e. The number of fused-ring (bicyclic) bond motifs is 2. The van der Waals surface area contributed by atoms with Crippen molar-refractivity contribution in [2.24, 2.45) is 0 Å². The summed E-state index contributed by atoms with van der Waals surface area (Å²) in [6, 6.07) is 15.9. The fourth-order valence-electron chi connectivity index (χ4n) is 2.52. The van der Waals surface area contributed by atoms with Gasteiger partial charge in [-0.3, -0.25) is 4.79 Å². The molecule has 1 aliphatic rings. The summed E-state index contributed by atoms with van der Waals surface area (Å²) in [5, 5.41) is 3.41. The average Bonchev–Trinajstić information content (AvgIpc) is 2.54. The van der Waals surface area contributed by atoms with E-state index in [0.717, 1.165) is 31.2 Å². The number of hydrogen-bond acceptors (Lipinski definition) is 3. The molecule has 0 fully saturated rings. The Morgan fingerprint density at radius 3 is 2.55 bits per heavy atom. The van der Waals surface area contributed by atoms with Gasteiger partial charge < -0.3 is 10.3 Å². The molecule has 0 aliphatic carbocycles. The van der Waals surface area contributed by atoms with E-state index in [1.807, 2.05) is 42.5 Å². The Bertz CT molecular complexity index is 919. The van der Waals surface area contributed by atoms with E-state index in [1.54, 1.807) is 18.0 Å². The highest BCUT2D eigenvalue weighted by molar-refractivity contribution is 9.10. The maximum Gasteiger partial charge on any atom is 0.258 e. The van der Waals surface area contributed by atoms with Gasteiger partial charge in [0.1, 0.15) is 0 Å². The lowest BCUT2D eigenvalue weighted by Crippen LogP contribution is -2.14. The molecule has 4 rings (SSSR count). The molecule has 2 aromatic carbocycles. The van der Waals surface area contributed by atoms with Crippen LogP contribution in [0.4, 0.5) is 11.4 Å². The summed E-state index contributed by atoms with van der Waals surface area (Å²) in [5.41, 5.74) is 3.38. The third kappa shape index (κ3) is 2.26. The Labute approximate surface area is 139 Å². The van der Waals surface area contributed by atoms with Crippen molar-refractivity contribution in [1.82, 2.24) is 4.98 Å². The SMILES string of the molecule is O=c1[nH]cc2c(c1-c1ccc(Br)cc1)Nc1ccccc1S2. The number of para-hydroxylation sites is 1. The molecule has 0 saturated heterocycles. The summed E-state index contributed by atoms with van der Waals surface area (Å²) in [4.78, 5) is 17.4. The maximum atomic E-state index is 12.4. The fourth-order valence-corrected chi connectivity index (χ4v) is 3.77. The molecule has 0 unspecified atom stereocenters. The van der Waals surface area contributed by atoms with Crippen molar-refractivity contribution in [2.75, 3.05) is 5.32 Å². The van der Waals surface area contributed by atoms with E-state index in [1.165, 1.54) is 0 Å². The molecule has 3 aromatic rings. The van der Waals surface area contributed by atoms with Crippen LogP contribution in [-0.4, -0.2) is 4.98 Å². The maximum absolute atomic E-state index is 12.4. The zero-order valence-electron chi connectivity index (χ0n) is 11.4. The summed E-state index contributed by atoms with van der Waals surface area (Å²) in [6.45, 7) is 0. The summed E-state index contributed by atoms with van der Waals surface area (Å²) in [6.07, 6.45) is 1.77. The minimum Gasteiger partial charge on any atom is -0.353 e. The Morgan fingerprint density at radius 1 is 0.955 bits per heavy atom. The molecule has 0 bridgehead atoms. The van der Waals surface area contributed by atoms with Gasteiger partial charge in [0.05, 0.1) is 21.8 Å². The van der Waals surface area contributed by atoms with Gasteiger partial charge in [0.2, 0.25) is 0 Å². The number of benzene rings is 2. The second kappa shape index (κ2) is 5.34. The standard InChI is InChI=1S/C17H11BrN2OS/c18-11-7-5-10(6-8-11)15-16-14(9-19-17(15)21)22-13-4-2-1-3-12(13)20-16/h1-9,20H,(H,19,21). The number of nitrogens with one attached hydrogen (secondary N) is 2. The van der Waals surface area contributed by atoms with Crippen molar-refractivity contribution in [3.8, 4) is 11.1 Å². The van der Waals surface area contributed by atoms with Gasteiger partial charge in [-0.05, 0) is 29.8 Å². The van der Waals surface area contributed by atoms with Crippen LogP contribution in [0.2, 0.25) is 0 Å². The van der Waals surface area contributed by atoms with Gasteiger partial charge >= 0.3 is 0 Å². The largest absolute Gasteiger partial charge is 0.353 e. The molecule has 0 saturated carbocycles. The van der Waals surface area contributed by atoms with Crippen LogP contribution < -0.4 is 10.9 Å². The van der Waals surface area contributed by atoms with Gasteiger partial charge in [-0.1, -0.05) is 52.0 Å². The number of halogens is 1. The van der Waals surface area contributed by atoms with Crippen LogP contribution in [0.3, 0.4) is 0 Å². The van der Waals surface area contributed by atoms with Crippen LogP contribution in [0.1, 0.15) is 0 Å². The molecule has 22 heavy (non-hydrogen) atoms. The molecule has 3 nitrogen and oxygen atoms in total. The molecule has 0 radical (unpaired) electrons. The monoisotopic (exact) mass is 370 g/mol. The fraction of sp³-hybridized carbons (Fsp3) is 0. The van der Waals surface area contributed by atoms with Crippen molar-refractivity contribution in [3.05, 3.63) is 69.6 Å². The van der Waals surface area contributed by atoms with Crippen molar-refractivity contribution in [1.29, 1.82) is 0 Å². The number of hydrogen-bond donors (Lipinski definition) is 2. The van der Waals surface area contributed by atoms with Gasteiger partial charge in [-0.2, -0.15) is 0 Å². The number of H-pyrrole nitrogens is 1. The highest BCUT2D eigenvalue weighted by Gasteiger charge is 2.21. The predicted octanol–water partition coefficient (Wildman–Crippen LogP) is 5.01. The first kappa shape index (κ1) is 13.7. The molecule has 2 heterocycles. The number of rotatable bonds is 1. The Hall–Kier alpha value is -1.98. The van der Waals surface area contributed by atoms with Crippen molar-refractivity contribution >= 4 is 39.1 Å². The summed E-state index contributed by atoms with van der Waals surface area (Å²) < 4.78 is 0.991. The molecule has 1 aromatic heterocycles. The lowest BCUT2D eigenvalue weighted by Gasteiger charge is -2.22. The van der Waals surface area contributed by atoms with E-state index in [-0.39, 0.29) is 5.56 Å². The third-order valence-electron chi connectivity index (χ3n) is 3.56. The van der Waals surface area contributed by atoms with E-state index < -0.39 is 0 Å². The van der Waals surface area contributed by atoms with Crippen LogP contribution in [0.5, 0.6) is 0 Å². The van der Waals surface area contributed by atoms with Gasteiger partial charge in [0.15, 0.2) is 0 Å². The second-order valence-corrected chi connectivity index (χ2v) is 6.96. The molecule has 108 valence electrons. The van der Waals surface area contributed by atoms with Gasteiger partial charge in [0.25, 0.3) is 5.56 Å². The minimum absolute atomic E-state index is 0.0893. The zero-order chi connectivity index (χ0) is 15.1. The van der Waals surface area contributed by atoms with Crippen LogP contribution in [0.15, 0.2) is 73.8 Å². The summed E-state index contributed by atoms with van der Waals surface area (Å²) >= 11 is 5.09. The highest BCUT2D eigenvalue weighted by Crippen LogP contribution is 2.46. The van der Waals surface area contributed by atoms with Crippen LogP contribution in [0.25, 0.3) is 11.1 Å². The Balaban J connectivity index is 1.91. The first-order valence-corrected chi connectivity index (χ1v) is 8.39. The van der Waals surface area contributed by atoms with E-state index >= 15 is 0 Å². The zero-order valence-corrected chi connectivity index (χ0v) is 13.8. The molecule has 0 atom stereocenters. The van der Waals surface area contributed by atoms with Crippen molar-refractivity contribution in [2.45, 2.75) is 9.79 Å². The molecule has 0 amide bonds. The second-order valence-electron chi connectivity index (χ2n) is 4.96. The number of aromatic nitrogens is 1. The summed E-state index contributed by atoms with van der Waals surface area (Å²) in [5.74, 6) is 0. The van der Waals surface area contributed by atoms with E-state index in [0.29, 0.717) is 5.56 Å². The quantitative estimate of drug-likeness (QED) is 0.494. The number of aromatic amines is 1. The van der Waals surface area contributed by atoms with Crippen molar-refractivity contribution < 1.29 is 0 Å². The number of anilines is 2. The first-order chi connectivity index (χ1) is 10.7. The Kier molecular flexibility index (Phi) is 3.32. The van der Waals surface area contributed by atoms with Crippen molar-refractivity contribution in [3.63, 3.8) is 0 Å². The molecular formula is C17H11BrN2OS. The Morgan fingerprint density at radius 2 is 1.73 bits per heavy atom. The van der Waals surface area contributed by atoms with Gasteiger partial charge in [-0.25, -0.2) is 0 Å². The lowest BCUT2D eigenvalue weighted by molar-refractivity contribution is 1.16. The molecule has 2 N–H and O–H groups in total.